The molecule has 1 fully saturated rings. The molecule has 1 aromatic heterocycles. The van der Waals surface area contributed by atoms with Crippen molar-refractivity contribution in [3.05, 3.63) is 52.8 Å². The average molecular weight is 364 g/mol. The van der Waals surface area contributed by atoms with E-state index in [0.717, 1.165) is 30.6 Å². The summed E-state index contributed by atoms with van der Waals surface area (Å²) in [5.41, 5.74) is 1.29. The van der Waals surface area contributed by atoms with Crippen LogP contribution in [0.25, 0.3) is 0 Å². The predicted molar refractivity (Wildman–Crippen MR) is 90.6 cm³/mol. The Labute approximate surface area is 140 Å². The number of hydrogen-bond acceptors (Lipinski definition) is 3. The van der Waals surface area contributed by atoms with Crippen molar-refractivity contribution in [2.75, 3.05) is 13.2 Å². The molecule has 1 unspecified atom stereocenters. The first-order valence-corrected chi connectivity index (χ1v) is 8.59. The normalized spacial score (nSPS) is 22.8. The van der Waals surface area contributed by atoms with E-state index in [1.165, 1.54) is 5.56 Å². The molecule has 0 saturated carbocycles. The fourth-order valence-corrected chi connectivity index (χ4v) is 3.32. The fraction of sp³-hybridized carbons (Fsp3) is 0.471. The molecule has 1 aliphatic heterocycles. The van der Waals surface area contributed by atoms with E-state index in [1.54, 1.807) is 0 Å². The molecule has 22 heavy (non-hydrogen) atoms. The van der Waals surface area contributed by atoms with Crippen molar-refractivity contribution < 1.29 is 4.74 Å². The van der Waals surface area contributed by atoms with E-state index >= 15 is 0 Å². The molecule has 0 bridgehead atoms. The summed E-state index contributed by atoms with van der Waals surface area (Å²) in [6.07, 6.45) is 5.17. The summed E-state index contributed by atoms with van der Waals surface area (Å²) in [5, 5.41) is 7.93. The third-order valence-electron chi connectivity index (χ3n) is 4.13. The summed E-state index contributed by atoms with van der Waals surface area (Å²) < 4.78 is 8.92. The van der Waals surface area contributed by atoms with Crippen LogP contribution in [0.3, 0.4) is 0 Å². The first-order chi connectivity index (χ1) is 10.7. The smallest absolute Gasteiger partial charge is 0.0866 e. The number of hydrogen-bond donors (Lipinski definition) is 1. The summed E-state index contributed by atoms with van der Waals surface area (Å²) in [5.74, 6) is 0.536. The minimum Gasteiger partial charge on any atom is -0.373 e. The van der Waals surface area contributed by atoms with E-state index in [1.807, 2.05) is 17.1 Å². The Morgan fingerprint density at radius 2 is 2.23 bits per heavy atom. The van der Waals surface area contributed by atoms with Crippen LogP contribution in [0.5, 0.6) is 0 Å². The Hall–Kier alpha value is -1.17. The largest absolute Gasteiger partial charge is 0.373 e. The molecule has 4 nitrogen and oxygen atoms in total. The third kappa shape index (κ3) is 3.97. The lowest BCUT2D eigenvalue weighted by molar-refractivity contribution is 0.0897. The van der Waals surface area contributed by atoms with Crippen LogP contribution in [0.4, 0.5) is 0 Å². The van der Waals surface area contributed by atoms with Gasteiger partial charge in [-0.2, -0.15) is 5.10 Å². The maximum Gasteiger partial charge on any atom is 0.0866 e. The zero-order chi connectivity index (χ0) is 15.4. The van der Waals surface area contributed by atoms with E-state index < -0.39 is 0 Å². The third-order valence-corrected chi connectivity index (χ3v) is 4.54. The van der Waals surface area contributed by atoms with Gasteiger partial charge in [0.25, 0.3) is 0 Å². The standard InChI is InChI=1S/C17H22BrN3O/c1-13(11-21-12-16(18)10-20-21)19-9-15-7-8-22-17(15)14-5-3-2-4-6-14/h2-6,10,12-13,15,17,19H,7-9,11H2,1H3/t13?,15-,17-/m1/s1. The summed E-state index contributed by atoms with van der Waals surface area (Å²) in [6.45, 7) is 4.90. The number of halogens is 1. The lowest BCUT2D eigenvalue weighted by atomic mass is 9.95. The van der Waals surface area contributed by atoms with Gasteiger partial charge in [-0.3, -0.25) is 4.68 Å². The Balaban J connectivity index is 1.52. The van der Waals surface area contributed by atoms with Crippen molar-refractivity contribution in [1.29, 1.82) is 0 Å². The molecule has 3 atom stereocenters. The number of nitrogens with one attached hydrogen (secondary N) is 1. The highest BCUT2D eigenvalue weighted by atomic mass is 79.9. The van der Waals surface area contributed by atoms with Crippen molar-refractivity contribution in [3.8, 4) is 0 Å². The van der Waals surface area contributed by atoms with Crippen LogP contribution < -0.4 is 5.32 Å². The number of rotatable bonds is 6. The molecule has 0 radical (unpaired) electrons. The molecule has 5 heteroatoms. The van der Waals surface area contributed by atoms with Crippen LogP contribution in [0.15, 0.2) is 47.2 Å². The fourth-order valence-electron chi connectivity index (χ4n) is 2.99. The van der Waals surface area contributed by atoms with Gasteiger partial charge in [-0.25, -0.2) is 0 Å². The van der Waals surface area contributed by atoms with E-state index in [0.29, 0.717) is 12.0 Å². The van der Waals surface area contributed by atoms with Gasteiger partial charge in [-0.1, -0.05) is 30.3 Å². The summed E-state index contributed by atoms with van der Waals surface area (Å²) in [4.78, 5) is 0. The van der Waals surface area contributed by atoms with Crippen molar-refractivity contribution in [2.45, 2.75) is 32.0 Å². The molecule has 0 spiro atoms. The molecule has 1 N–H and O–H groups in total. The highest BCUT2D eigenvalue weighted by Crippen LogP contribution is 2.33. The SMILES string of the molecule is CC(Cn1cc(Br)cn1)NC[C@H]1CCO[C@@H]1c1ccccc1. The van der Waals surface area contributed by atoms with E-state index in [4.69, 9.17) is 4.74 Å². The maximum atomic E-state index is 5.94. The Morgan fingerprint density at radius 1 is 1.41 bits per heavy atom. The molecular weight excluding hydrogens is 342 g/mol. The second-order valence-corrected chi connectivity index (χ2v) is 6.86. The summed E-state index contributed by atoms with van der Waals surface area (Å²) in [7, 11) is 0. The summed E-state index contributed by atoms with van der Waals surface area (Å²) in [6, 6.07) is 10.9. The number of aromatic nitrogens is 2. The first kappa shape index (κ1) is 15.7. The molecule has 0 amide bonds. The lowest BCUT2D eigenvalue weighted by Gasteiger charge is -2.22. The zero-order valence-electron chi connectivity index (χ0n) is 12.8. The van der Waals surface area contributed by atoms with Crippen LogP contribution in [-0.2, 0) is 11.3 Å². The van der Waals surface area contributed by atoms with E-state index in [2.05, 4.69) is 63.6 Å². The Kier molecular flexibility index (Phi) is 5.28. The van der Waals surface area contributed by atoms with Gasteiger partial charge in [-0.05, 0) is 34.8 Å². The number of nitrogens with zero attached hydrogens (tertiary/aromatic N) is 2. The Bertz CT molecular complexity index is 587. The van der Waals surface area contributed by atoms with Gasteiger partial charge in [0.1, 0.15) is 0 Å². The van der Waals surface area contributed by atoms with Crippen LogP contribution in [0, 0.1) is 5.92 Å². The van der Waals surface area contributed by atoms with Crippen LogP contribution >= 0.6 is 15.9 Å². The highest BCUT2D eigenvalue weighted by molar-refractivity contribution is 9.10. The van der Waals surface area contributed by atoms with Gasteiger partial charge in [0, 0.05) is 31.3 Å². The molecule has 1 aromatic carbocycles. The number of benzene rings is 1. The van der Waals surface area contributed by atoms with Crippen molar-refractivity contribution >= 4 is 15.9 Å². The monoisotopic (exact) mass is 363 g/mol. The second kappa shape index (κ2) is 7.40. The van der Waals surface area contributed by atoms with E-state index in [-0.39, 0.29) is 6.10 Å². The molecule has 3 rings (SSSR count). The minimum absolute atomic E-state index is 0.222. The first-order valence-electron chi connectivity index (χ1n) is 7.80. The topological polar surface area (TPSA) is 39.1 Å². The van der Waals surface area contributed by atoms with Gasteiger partial charge in [0.05, 0.1) is 23.3 Å². The molecular formula is C17H22BrN3O. The zero-order valence-corrected chi connectivity index (χ0v) is 14.4. The van der Waals surface area contributed by atoms with Gasteiger partial charge < -0.3 is 10.1 Å². The van der Waals surface area contributed by atoms with Gasteiger partial charge >= 0.3 is 0 Å². The second-order valence-electron chi connectivity index (χ2n) is 5.94. The molecule has 1 saturated heterocycles. The predicted octanol–water partition coefficient (Wildman–Crippen LogP) is 3.40. The van der Waals surface area contributed by atoms with Crippen LogP contribution in [-0.4, -0.2) is 29.0 Å². The maximum absolute atomic E-state index is 5.94. The quantitative estimate of drug-likeness (QED) is 0.854. The minimum atomic E-state index is 0.222. The van der Waals surface area contributed by atoms with Gasteiger partial charge in [0.15, 0.2) is 0 Å². The van der Waals surface area contributed by atoms with Crippen LogP contribution in [0.2, 0.25) is 0 Å². The Morgan fingerprint density at radius 3 is 2.95 bits per heavy atom. The average Bonchev–Trinajstić information content (AvgIpc) is 3.15. The molecule has 0 aliphatic carbocycles. The lowest BCUT2D eigenvalue weighted by Crippen LogP contribution is -2.35. The van der Waals surface area contributed by atoms with Crippen LogP contribution in [0.1, 0.15) is 25.0 Å². The molecule has 118 valence electrons. The van der Waals surface area contributed by atoms with Crippen molar-refractivity contribution in [2.24, 2.45) is 5.92 Å². The highest BCUT2D eigenvalue weighted by Gasteiger charge is 2.29. The van der Waals surface area contributed by atoms with Gasteiger partial charge in [-0.15, -0.1) is 0 Å². The molecule has 2 aromatic rings. The summed E-state index contributed by atoms with van der Waals surface area (Å²) >= 11 is 3.43. The van der Waals surface area contributed by atoms with Gasteiger partial charge in [0.2, 0.25) is 0 Å². The van der Waals surface area contributed by atoms with Crippen molar-refractivity contribution in [1.82, 2.24) is 15.1 Å². The number of ether oxygens (including phenoxy) is 1. The van der Waals surface area contributed by atoms with E-state index in [9.17, 15) is 0 Å². The van der Waals surface area contributed by atoms with Crippen molar-refractivity contribution in [3.63, 3.8) is 0 Å². The molecule has 2 heterocycles. The molecule has 1 aliphatic rings.